The second kappa shape index (κ2) is 10.4. The normalized spacial score (nSPS) is 18.1. The highest BCUT2D eigenvalue weighted by Crippen LogP contribution is 2.23. The largest absolute Gasteiger partial charge is 0.373 e. The van der Waals surface area contributed by atoms with Gasteiger partial charge in [0.05, 0.1) is 31.7 Å². The van der Waals surface area contributed by atoms with Crippen LogP contribution in [-0.2, 0) is 20.7 Å². The fourth-order valence-corrected chi connectivity index (χ4v) is 3.45. The van der Waals surface area contributed by atoms with Crippen molar-refractivity contribution in [3.05, 3.63) is 70.7 Å². The molecule has 6 nitrogen and oxygen atoms in total. The first kappa shape index (κ1) is 21.3. The first-order valence-electron chi connectivity index (χ1n) is 9.67. The highest BCUT2D eigenvalue weighted by Gasteiger charge is 2.29. The highest BCUT2D eigenvalue weighted by molar-refractivity contribution is 6.30. The van der Waals surface area contributed by atoms with Crippen molar-refractivity contribution in [2.45, 2.75) is 18.6 Å². The Morgan fingerprint density at radius 2 is 1.86 bits per heavy atom. The van der Waals surface area contributed by atoms with Gasteiger partial charge in [0.25, 0.3) is 0 Å². The molecule has 2 aromatic rings. The van der Waals surface area contributed by atoms with E-state index in [1.807, 2.05) is 49.5 Å². The summed E-state index contributed by atoms with van der Waals surface area (Å²) in [5.74, 6) is -0.453. The topological polar surface area (TPSA) is 70.7 Å². The smallest absolute Gasteiger partial charge is 0.239 e. The minimum absolute atomic E-state index is 0.0850. The first-order valence-corrected chi connectivity index (χ1v) is 10.0. The van der Waals surface area contributed by atoms with Gasteiger partial charge in [-0.3, -0.25) is 9.59 Å². The number of nitrogens with one attached hydrogen (secondary N) is 2. The molecule has 0 aliphatic carbocycles. The van der Waals surface area contributed by atoms with Crippen LogP contribution in [0.15, 0.2) is 54.6 Å². The zero-order chi connectivity index (χ0) is 20.6. The molecule has 0 unspecified atom stereocenters. The molecule has 1 fully saturated rings. The molecule has 154 valence electrons. The van der Waals surface area contributed by atoms with E-state index in [0.717, 1.165) is 17.7 Å². The van der Waals surface area contributed by atoms with Gasteiger partial charge in [-0.2, -0.15) is 0 Å². The highest BCUT2D eigenvalue weighted by atomic mass is 35.5. The van der Waals surface area contributed by atoms with Crippen molar-refractivity contribution < 1.29 is 14.3 Å². The number of carbonyl (C=O) groups is 2. The second-order valence-electron chi connectivity index (χ2n) is 7.21. The molecule has 0 radical (unpaired) electrons. The Hall–Kier alpha value is -2.41. The molecule has 1 saturated heterocycles. The Morgan fingerprint density at radius 1 is 1.14 bits per heavy atom. The molecule has 7 heteroatoms. The van der Waals surface area contributed by atoms with Crippen LogP contribution in [0.5, 0.6) is 0 Å². The average Bonchev–Trinajstić information content (AvgIpc) is 2.72. The van der Waals surface area contributed by atoms with Gasteiger partial charge in [0, 0.05) is 18.1 Å². The molecule has 0 spiro atoms. The van der Waals surface area contributed by atoms with E-state index in [4.69, 9.17) is 16.3 Å². The minimum Gasteiger partial charge on any atom is -0.373 e. The molecule has 2 N–H and O–H groups in total. The summed E-state index contributed by atoms with van der Waals surface area (Å²) in [6.45, 7) is 2.08. The third kappa shape index (κ3) is 6.56. The van der Waals surface area contributed by atoms with E-state index < -0.39 is 0 Å². The average molecular weight is 416 g/mol. The van der Waals surface area contributed by atoms with Crippen LogP contribution in [0.3, 0.4) is 0 Å². The summed E-state index contributed by atoms with van der Waals surface area (Å²) in [7, 11) is 2.03. The SMILES string of the molecule is CN1CCO[C@@H]([C@@H](NC(=O)CNC(=O)Cc2ccccc2)c2ccc(Cl)cc2)C1. The quantitative estimate of drug-likeness (QED) is 0.727. The lowest BCUT2D eigenvalue weighted by molar-refractivity contribution is -0.127. The Morgan fingerprint density at radius 3 is 2.55 bits per heavy atom. The summed E-state index contributed by atoms with van der Waals surface area (Å²) in [6, 6.07) is 16.5. The molecule has 1 heterocycles. The Bertz CT molecular complexity index is 814. The van der Waals surface area contributed by atoms with E-state index in [0.29, 0.717) is 18.2 Å². The van der Waals surface area contributed by atoms with Gasteiger partial charge in [0.1, 0.15) is 0 Å². The minimum atomic E-state index is -0.325. The molecular formula is C22H26ClN3O3. The Labute approximate surface area is 176 Å². The molecule has 1 aliphatic rings. The van der Waals surface area contributed by atoms with Crippen molar-refractivity contribution in [2.75, 3.05) is 33.3 Å². The predicted molar refractivity (Wildman–Crippen MR) is 113 cm³/mol. The number of morpholine rings is 1. The van der Waals surface area contributed by atoms with Crippen LogP contribution in [0, 0.1) is 0 Å². The first-order chi connectivity index (χ1) is 14.0. The van der Waals surface area contributed by atoms with E-state index in [9.17, 15) is 9.59 Å². The molecule has 29 heavy (non-hydrogen) atoms. The van der Waals surface area contributed by atoms with Gasteiger partial charge in [-0.25, -0.2) is 0 Å². The van der Waals surface area contributed by atoms with E-state index in [1.54, 1.807) is 12.1 Å². The van der Waals surface area contributed by atoms with Gasteiger partial charge in [-0.1, -0.05) is 54.1 Å². The number of carbonyl (C=O) groups excluding carboxylic acids is 2. The number of benzene rings is 2. The predicted octanol–water partition coefficient (Wildman–Crippen LogP) is 2.19. The van der Waals surface area contributed by atoms with E-state index in [1.165, 1.54) is 0 Å². The van der Waals surface area contributed by atoms with Crippen molar-refractivity contribution >= 4 is 23.4 Å². The molecule has 2 aromatic carbocycles. The van der Waals surface area contributed by atoms with Crippen LogP contribution in [0.2, 0.25) is 5.02 Å². The van der Waals surface area contributed by atoms with Gasteiger partial charge < -0.3 is 20.3 Å². The summed E-state index contributed by atoms with van der Waals surface area (Å²) in [6.07, 6.45) is 0.0598. The molecule has 1 aliphatic heterocycles. The van der Waals surface area contributed by atoms with Crippen molar-refractivity contribution in [1.29, 1.82) is 0 Å². The van der Waals surface area contributed by atoms with Gasteiger partial charge >= 0.3 is 0 Å². The number of likely N-dealkylation sites (N-methyl/N-ethyl adjacent to an activating group) is 1. The maximum Gasteiger partial charge on any atom is 0.239 e. The third-order valence-corrected chi connectivity index (χ3v) is 5.12. The third-order valence-electron chi connectivity index (χ3n) is 4.87. The molecule has 3 rings (SSSR count). The van der Waals surface area contributed by atoms with Crippen molar-refractivity contribution in [3.63, 3.8) is 0 Å². The number of amides is 2. The molecule has 2 amide bonds. The van der Waals surface area contributed by atoms with Crippen LogP contribution in [0.1, 0.15) is 17.2 Å². The van der Waals surface area contributed by atoms with Crippen molar-refractivity contribution in [1.82, 2.24) is 15.5 Å². The van der Waals surface area contributed by atoms with Crippen LogP contribution in [-0.4, -0.2) is 56.1 Å². The lowest BCUT2D eigenvalue weighted by atomic mass is 10.00. The van der Waals surface area contributed by atoms with Gasteiger partial charge in [0.15, 0.2) is 0 Å². The summed E-state index contributed by atoms with van der Waals surface area (Å²) in [5, 5.41) is 6.33. The number of rotatable bonds is 7. The van der Waals surface area contributed by atoms with Gasteiger partial charge in [-0.15, -0.1) is 0 Å². The number of hydrogen-bond acceptors (Lipinski definition) is 4. The molecule has 2 atom stereocenters. The number of hydrogen-bond donors (Lipinski definition) is 2. The Kier molecular flexibility index (Phi) is 7.63. The molecular weight excluding hydrogens is 390 g/mol. The number of halogens is 1. The van der Waals surface area contributed by atoms with Gasteiger partial charge in [-0.05, 0) is 30.3 Å². The van der Waals surface area contributed by atoms with Crippen LogP contribution < -0.4 is 10.6 Å². The molecule has 0 aromatic heterocycles. The number of ether oxygens (including phenoxy) is 1. The fourth-order valence-electron chi connectivity index (χ4n) is 3.32. The molecule has 0 saturated carbocycles. The monoisotopic (exact) mass is 415 g/mol. The zero-order valence-electron chi connectivity index (χ0n) is 16.4. The Balaban J connectivity index is 1.60. The maximum absolute atomic E-state index is 12.6. The standard InChI is InChI=1S/C22H26ClN3O3/c1-26-11-12-29-19(15-26)22(17-7-9-18(23)10-8-17)25-21(28)14-24-20(27)13-16-5-3-2-4-6-16/h2-10,19,22H,11-15H2,1H3,(H,24,27)(H,25,28)/t19-,22+/m1/s1. The van der Waals surface area contributed by atoms with Gasteiger partial charge in [0.2, 0.25) is 11.8 Å². The van der Waals surface area contributed by atoms with E-state index in [-0.39, 0.29) is 36.9 Å². The van der Waals surface area contributed by atoms with Crippen molar-refractivity contribution in [2.24, 2.45) is 0 Å². The second-order valence-corrected chi connectivity index (χ2v) is 7.64. The lowest BCUT2D eigenvalue weighted by Crippen LogP contribution is -2.49. The maximum atomic E-state index is 12.6. The van der Waals surface area contributed by atoms with Crippen LogP contribution in [0.4, 0.5) is 0 Å². The molecule has 0 bridgehead atoms. The van der Waals surface area contributed by atoms with Crippen molar-refractivity contribution in [3.8, 4) is 0 Å². The van der Waals surface area contributed by atoms with E-state index >= 15 is 0 Å². The summed E-state index contributed by atoms with van der Waals surface area (Å²) in [4.78, 5) is 26.8. The zero-order valence-corrected chi connectivity index (χ0v) is 17.2. The van der Waals surface area contributed by atoms with Crippen LogP contribution >= 0.6 is 11.6 Å². The van der Waals surface area contributed by atoms with Crippen LogP contribution in [0.25, 0.3) is 0 Å². The fraction of sp³-hybridized carbons (Fsp3) is 0.364. The summed E-state index contributed by atoms with van der Waals surface area (Å²) < 4.78 is 5.92. The summed E-state index contributed by atoms with van der Waals surface area (Å²) >= 11 is 6.01. The number of nitrogens with zero attached hydrogens (tertiary/aromatic N) is 1. The summed E-state index contributed by atoms with van der Waals surface area (Å²) in [5.41, 5.74) is 1.82. The lowest BCUT2D eigenvalue weighted by Gasteiger charge is -2.35. The van der Waals surface area contributed by atoms with E-state index in [2.05, 4.69) is 15.5 Å².